The Labute approximate surface area is 123 Å². The topological polar surface area (TPSA) is 92.5 Å². The molecule has 2 aromatic rings. The van der Waals surface area contributed by atoms with Gasteiger partial charge in [0.2, 0.25) is 11.7 Å². The highest BCUT2D eigenvalue weighted by atomic mass is 16.5. The second-order valence-electron chi connectivity index (χ2n) is 5.66. The molecule has 0 saturated heterocycles. The molecule has 3 rings (SSSR count). The number of hydrogen-bond donors (Lipinski definition) is 2. The second-order valence-corrected chi connectivity index (χ2v) is 5.66. The molecule has 1 saturated carbocycles. The Morgan fingerprint density at radius 3 is 3.10 bits per heavy atom. The van der Waals surface area contributed by atoms with Crippen LogP contribution in [0.2, 0.25) is 0 Å². The number of hydrogen-bond acceptors (Lipinski definition) is 6. The van der Waals surface area contributed by atoms with Gasteiger partial charge in [0.25, 0.3) is 0 Å². The molecule has 1 aliphatic rings. The van der Waals surface area contributed by atoms with Crippen molar-refractivity contribution in [1.29, 1.82) is 0 Å². The Morgan fingerprint density at radius 1 is 1.38 bits per heavy atom. The van der Waals surface area contributed by atoms with Crippen LogP contribution in [0.25, 0.3) is 11.6 Å². The molecule has 0 bridgehead atoms. The highest BCUT2D eigenvalue weighted by Gasteiger charge is 2.26. The second kappa shape index (κ2) is 6.80. The summed E-state index contributed by atoms with van der Waals surface area (Å²) in [6.45, 7) is 3.28. The molecule has 1 fully saturated rings. The maximum absolute atomic E-state index is 5.37. The van der Waals surface area contributed by atoms with Crippen LogP contribution in [0.5, 0.6) is 0 Å². The maximum atomic E-state index is 5.37. The van der Waals surface area contributed by atoms with Gasteiger partial charge in [-0.15, -0.1) is 0 Å². The highest BCUT2D eigenvalue weighted by Crippen LogP contribution is 2.27. The van der Waals surface area contributed by atoms with Crippen LogP contribution >= 0.6 is 0 Å². The lowest BCUT2D eigenvalue weighted by molar-refractivity contribution is 0.240. The van der Waals surface area contributed by atoms with E-state index in [1.54, 1.807) is 0 Å². The predicted molar refractivity (Wildman–Crippen MR) is 77.4 cm³/mol. The third kappa shape index (κ3) is 3.47. The van der Waals surface area contributed by atoms with Gasteiger partial charge in [0.15, 0.2) is 5.82 Å². The van der Waals surface area contributed by atoms with Gasteiger partial charge in [-0.2, -0.15) is 10.1 Å². The Balaban J connectivity index is 1.64. The van der Waals surface area contributed by atoms with Gasteiger partial charge in [0.05, 0.1) is 0 Å². The van der Waals surface area contributed by atoms with Crippen molar-refractivity contribution in [1.82, 2.24) is 30.6 Å². The molecule has 21 heavy (non-hydrogen) atoms. The third-order valence-electron chi connectivity index (χ3n) is 4.10. The van der Waals surface area contributed by atoms with Crippen molar-refractivity contribution in [3.05, 3.63) is 12.2 Å². The van der Waals surface area contributed by atoms with Crippen molar-refractivity contribution in [3.63, 3.8) is 0 Å². The Bertz CT molecular complexity index is 537. The van der Waals surface area contributed by atoms with Gasteiger partial charge in [-0.25, -0.2) is 4.98 Å². The van der Waals surface area contributed by atoms with E-state index < -0.39 is 0 Å². The van der Waals surface area contributed by atoms with E-state index in [0.717, 1.165) is 13.0 Å². The molecule has 7 heteroatoms. The molecular formula is C14H22N6O. The van der Waals surface area contributed by atoms with E-state index in [0.29, 0.717) is 29.5 Å². The van der Waals surface area contributed by atoms with Crippen molar-refractivity contribution in [2.24, 2.45) is 5.92 Å². The first-order chi connectivity index (χ1) is 10.4. The summed E-state index contributed by atoms with van der Waals surface area (Å²) < 4.78 is 5.37. The lowest BCUT2D eigenvalue weighted by atomic mass is 9.82. The van der Waals surface area contributed by atoms with Crippen LogP contribution in [0.15, 0.2) is 10.9 Å². The zero-order valence-electron chi connectivity index (χ0n) is 12.4. The molecule has 2 N–H and O–H groups in total. The summed E-state index contributed by atoms with van der Waals surface area (Å²) in [6, 6.07) is 0.569. The number of rotatable bonds is 6. The molecule has 0 radical (unpaired) electrons. The first kappa shape index (κ1) is 14.2. The zero-order valence-corrected chi connectivity index (χ0v) is 12.4. The van der Waals surface area contributed by atoms with Gasteiger partial charge in [-0.1, -0.05) is 24.9 Å². The summed E-state index contributed by atoms with van der Waals surface area (Å²) in [7, 11) is 0. The van der Waals surface area contributed by atoms with E-state index in [4.69, 9.17) is 4.52 Å². The number of aromatic amines is 1. The fourth-order valence-corrected chi connectivity index (χ4v) is 3.02. The number of nitrogens with zero attached hydrogens (tertiary/aromatic N) is 4. The zero-order chi connectivity index (χ0) is 14.5. The van der Waals surface area contributed by atoms with Gasteiger partial charge >= 0.3 is 0 Å². The van der Waals surface area contributed by atoms with Crippen LogP contribution in [0.3, 0.4) is 0 Å². The van der Waals surface area contributed by atoms with Gasteiger partial charge in [0.1, 0.15) is 6.33 Å². The molecule has 2 aromatic heterocycles. The normalized spacial score (nSPS) is 22.5. The van der Waals surface area contributed by atoms with E-state index in [1.165, 1.54) is 38.4 Å². The molecule has 2 unspecified atom stereocenters. The van der Waals surface area contributed by atoms with Crippen LogP contribution in [0.4, 0.5) is 0 Å². The number of H-pyrrole nitrogens is 1. The minimum Gasteiger partial charge on any atom is -0.339 e. The minimum atomic E-state index is 0.483. The van der Waals surface area contributed by atoms with Crippen LogP contribution in [0.1, 0.15) is 44.9 Å². The summed E-state index contributed by atoms with van der Waals surface area (Å²) in [6.07, 6.45) is 8.51. The van der Waals surface area contributed by atoms with Crippen LogP contribution in [-0.2, 0) is 6.42 Å². The number of aromatic nitrogens is 5. The van der Waals surface area contributed by atoms with Gasteiger partial charge in [-0.05, 0) is 31.7 Å². The molecular weight excluding hydrogens is 268 g/mol. The molecule has 7 nitrogen and oxygen atoms in total. The van der Waals surface area contributed by atoms with Crippen molar-refractivity contribution in [3.8, 4) is 11.6 Å². The first-order valence-electron chi connectivity index (χ1n) is 7.78. The molecule has 0 aromatic carbocycles. The predicted octanol–water partition coefficient (Wildman–Crippen LogP) is 1.96. The van der Waals surface area contributed by atoms with Gasteiger partial charge < -0.3 is 9.84 Å². The first-order valence-corrected chi connectivity index (χ1v) is 7.78. The summed E-state index contributed by atoms with van der Waals surface area (Å²) in [5.74, 6) is 2.30. The van der Waals surface area contributed by atoms with E-state index in [9.17, 15) is 0 Å². The van der Waals surface area contributed by atoms with Crippen molar-refractivity contribution in [2.45, 2.75) is 51.5 Å². The van der Waals surface area contributed by atoms with Crippen LogP contribution in [-0.4, -0.2) is 37.9 Å². The molecule has 114 valence electrons. The van der Waals surface area contributed by atoms with Crippen molar-refractivity contribution < 1.29 is 4.52 Å². The molecule has 0 amide bonds. The van der Waals surface area contributed by atoms with Gasteiger partial charge in [-0.3, -0.25) is 5.10 Å². The lowest BCUT2D eigenvalue weighted by Crippen LogP contribution is -2.39. The molecule has 0 spiro atoms. The lowest BCUT2D eigenvalue weighted by Gasteiger charge is -2.31. The maximum Gasteiger partial charge on any atom is 0.239 e. The Hall–Kier alpha value is -1.76. The monoisotopic (exact) mass is 290 g/mol. The summed E-state index contributed by atoms with van der Waals surface area (Å²) in [5, 5.41) is 14.2. The van der Waals surface area contributed by atoms with Gasteiger partial charge in [0, 0.05) is 12.5 Å². The van der Waals surface area contributed by atoms with E-state index in [-0.39, 0.29) is 0 Å². The fourth-order valence-electron chi connectivity index (χ4n) is 3.02. The van der Waals surface area contributed by atoms with E-state index in [2.05, 4.69) is 37.6 Å². The molecule has 1 aliphatic carbocycles. The third-order valence-corrected chi connectivity index (χ3v) is 4.10. The largest absolute Gasteiger partial charge is 0.339 e. The van der Waals surface area contributed by atoms with E-state index in [1.807, 2.05) is 0 Å². The van der Waals surface area contributed by atoms with E-state index >= 15 is 0 Å². The molecule has 2 atom stereocenters. The molecule has 2 heterocycles. The average molecular weight is 290 g/mol. The highest BCUT2D eigenvalue weighted by molar-refractivity contribution is 5.39. The summed E-state index contributed by atoms with van der Waals surface area (Å²) in [4.78, 5) is 8.46. The fraction of sp³-hybridized carbons (Fsp3) is 0.714. The average Bonchev–Trinajstić information content (AvgIpc) is 3.17. The SMILES string of the molecule is CCCNC1CCCCC1Cc1nc(-c2ncn[nH]2)no1. The smallest absolute Gasteiger partial charge is 0.239 e. The quantitative estimate of drug-likeness (QED) is 0.844. The Morgan fingerprint density at radius 2 is 2.29 bits per heavy atom. The minimum absolute atomic E-state index is 0.483. The Kier molecular flexibility index (Phi) is 4.59. The summed E-state index contributed by atoms with van der Waals surface area (Å²) >= 11 is 0. The standard InChI is InChI=1S/C14H22N6O/c1-2-7-15-11-6-4-3-5-10(11)8-12-18-14(20-21-12)13-16-9-17-19-13/h9-11,15H,2-8H2,1H3,(H,16,17,19). The molecule has 0 aliphatic heterocycles. The number of nitrogens with one attached hydrogen (secondary N) is 2. The summed E-state index contributed by atoms with van der Waals surface area (Å²) in [5.41, 5.74) is 0. The van der Waals surface area contributed by atoms with Crippen molar-refractivity contribution >= 4 is 0 Å². The van der Waals surface area contributed by atoms with Crippen LogP contribution in [0, 0.1) is 5.92 Å². The van der Waals surface area contributed by atoms with Crippen molar-refractivity contribution in [2.75, 3.05) is 6.54 Å². The van der Waals surface area contributed by atoms with Crippen LogP contribution < -0.4 is 5.32 Å².